The van der Waals surface area contributed by atoms with Crippen molar-refractivity contribution in [2.45, 2.75) is 6.42 Å². The molecule has 0 saturated heterocycles. The van der Waals surface area contributed by atoms with Crippen molar-refractivity contribution in [3.63, 3.8) is 0 Å². The van der Waals surface area contributed by atoms with Crippen LogP contribution < -0.4 is 10.5 Å². The van der Waals surface area contributed by atoms with Gasteiger partial charge in [0, 0.05) is 18.4 Å². The lowest BCUT2D eigenvalue weighted by molar-refractivity contribution is 0.228. The molecule has 14 heavy (non-hydrogen) atoms. The highest BCUT2D eigenvalue weighted by Crippen LogP contribution is 2.10. The monoisotopic (exact) mass is 196 g/mol. The summed E-state index contributed by atoms with van der Waals surface area (Å²) >= 11 is 0. The summed E-state index contributed by atoms with van der Waals surface area (Å²) in [6, 6.07) is 5.58. The van der Waals surface area contributed by atoms with Crippen LogP contribution in [-0.2, 0) is 6.42 Å². The van der Waals surface area contributed by atoms with Gasteiger partial charge in [-0.15, -0.1) is 0 Å². The van der Waals surface area contributed by atoms with E-state index in [0.717, 1.165) is 5.69 Å². The van der Waals surface area contributed by atoms with Gasteiger partial charge in [-0.3, -0.25) is 0 Å². The second-order valence-electron chi connectivity index (χ2n) is 3.16. The van der Waals surface area contributed by atoms with Crippen molar-refractivity contribution in [3.05, 3.63) is 23.9 Å². The zero-order chi connectivity index (χ0) is 10.4. The fourth-order valence-electron chi connectivity index (χ4n) is 1.20. The number of aromatic nitrogens is 1. The molecule has 1 rings (SSSR count). The molecule has 1 atom stereocenters. The van der Waals surface area contributed by atoms with Gasteiger partial charge >= 0.3 is 0 Å². The molecule has 1 heterocycles. The van der Waals surface area contributed by atoms with Crippen LogP contribution in [0.15, 0.2) is 18.2 Å². The molecular formula is C10H16N2O2. The Morgan fingerprint density at radius 2 is 2.36 bits per heavy atom. The molecule has 0 amide bonds. The highest BCUT2D eigenvalue weighted by Gasteiger charge is 2.07. The summed E-state index contributed by atoms with van der Waals surface area (Å²) in [7, 11) is 1.58. The Morgan fingerprint density at radius 3 is 2.93 bits per heavy atom. The lowest BCUT2D eigenvalue weighted by atomic mass is 10.0. The van der Waals surface area contributed by atoms with Gasteiger partial charge in [-0.2, -0.15) is 0 Å². The number of hydrogen-bond donors (Lipinski definition) is 2. The van der Waals surface area contributed by atoms with Gasteiger partial charge in [0.25, 0.3) is 0 Å². The van der Waals surface area contributed by atoms with Gasteiger partial charge in [-0.05, 0) is 24.9 Å². The highest BCUT2D eigenvalue weighted by atomic mass is 16.5. The number of aliphatic hydroxyl groups excluding tert-OH is 1. The SMILES string of the molecule is COc1cccc(CC(CN)CO)n1. The molecular weight excluding hydrogens is 180 g/mol. The molecule has 0 aliphatic rings. The maximum absolute atomic E-state index is 8.97. The zero-order valence-corrected chi connectivity index (χ0v) is 8.31. The van der Waals surface area contributed by atoms with Gasteiger partial charge < -0.3 is 15.6 Å². The molecule has 0 bridgehead atoms. The third-order valence-electron chi connectivity index (χ3n) is 2.08. The van der Waals surface area contributed by atoms with Crippen LogP contribution in [0, 0.1) is 5.92 Å². The van der Waals surface area contributed by atoms with E-state index in [2.05, 4.69) is 4.98 Å². The number of ether oxygens (including phenoxy) is 1. The summed E-state index contributed by atoms with van der Waals surface area (Å²) in [4.78, 5) is 4.24. The molecule has 1 unspecified atom stereocenters. The maximum atomic E-state index is 8.97. The predicted molar refractivity (Wildman–Crippen MR) is 54.1 cm³/mol. The van der Waals surface area contributed by atoms with E-state index in [0.29, 0.717) is 18.8 Å². The molecule has 78 valence electrons. The summed E-state index contributed by atoms with van der Waals surface area (Å²) in [5.74, 6) is 0.672. The minimum Gasteiger partial charge on any atom is -0.481 e. The van der Waals surface area contributed by atoms with Gasteiger partial charge in [0.05, 0.1) is 7.11 Å². The zero-order valence-electron chi connectivity index (χ0n) is 8.31. The molecule has 1 aromatic heterocycles. The third-order valence-corrected chi connectivity index (χ3v) is 2.08. The average molecular weight is 196 g/mol. The number of hydrogen-bond acceptors (Lipinski definition) is 4. The molecule has 0 fully saturated rings. The standard InChI is InChI=1S/C10H16N2O2/c1-14-10-4-2-3-9(12-10)5-8(6-11)7-13/h2-4,8,13H,5-7,11H2,1H3. The predicted octanol–water partition coefficient (Wildman–Crippen LogP) is 0.200. The Labute approximate surface area is 83.7 Å². The van der Waals surface area contributed by atoms with Crippen LogP contribution >= 0.6 is 0 Å². The van der Waals surface area contributed by atoms with Gasteiger partial charge in [-0.25, -0.2) is 4.98 Å². The summed E-state index contributed by atoms with van der Waals surface area (Å²) in [5, 5.41) is 8.97. The van der Waals surface area contributed by atoms with Crippen LogP contribution in [0.3, 0.4) is 0 Å². The maximum Gasteiger partial charge on any atom is 0.213 e. The largest absolute Gasteiger partial charge is 0.481 e. The third kappa shape index (κ3) is 2.97. The van der Waals surface area contributed by atoms with Crippen LogP contribution in [0.25, 0.3) is 0 Å². The number of nitrogens with two attached hydrogens (primary N) is 1. The van der Waals surface area contributed by atoms with Gasteiger partial charge in [0.15, 0.2) is 0 Å². The van der Waals surface area contributed by atoms with Gasteiger partial charge in [0.2, 0.25) is 5.88 Å². The van der Waals surface area contributed by atoms with E-state index in [9.17, 15) is 0 Å². The van der Waals surface area contributed by atoms with Crippen LogP contribution in [0.5, 0.6) is 5.88 Å². The van der Waals surface area contributed by atoms with E-state index < -0.39 is 0 Å². The van der Waals surface area contributed by atoms with Crippen molar-refractivity contribution < 1.29 is 9.84 Å². The van der Waals surface area contributed by atoms with E-state index in [1.807, 2.05) is 12.1 Å². The lowest BCUT2D eigenvalue weighted by Gasteiger charge is -2.10. The minimum absolute atomic E-state index is 0.0783. The molecule has 4 nitrogen and oxygen atoms in total. The minimum atomic E-state index is 0.0783. The van der Waals surface area contributed by atoms with Crippen LogP contribution in [-0.4, -0.2) is 30.4 Å². The Bertz CT molecular complexity index is 275. The second kappa shape index (κ2) is 5.57. The Balaban J connectivity index is 2.65. The van der Waals surface area contributed by atoms with Gasteiger partial charge in [-0.1, -0.05) is 6.07 Å². The van der Waals surface area contributed by atoms with E-state index >= 15 is 0 Å². The molecule has 0 aliphatic carbocycles. The van der Waals surface area contributed by atoms with Crippen LogP contribution in [0.1, 0.15) is 5.69 Å². The van der Waals surface area contributed by atoms with Gasteiger partial charge in [0.1, 0.15) is 0 Å². The Hall–Kier alpha value is -1.13. The molecule has 4 heteroatoms. The highest BCUT2D eigenvalue weighted by molar-refractivity contribution is 5.16. The molecule has 0 saturated carbocycles. The van der Waals surface area contributed by atoms with E-state index in [1.54, 1.807) is 13.2 Å². The van der Waals surface area contributed by atoms with E-state index in [4.69, 9.17) is 15.6 Å². The average Bonchev–Trinajstić information content (AvgIpc) is 2.26. The van der Waals surface area contributed by atoms with Crippen LogP contribution in [0.2, 0.25) is 0 Å². The summed E-state index contributed by atoms with van der Waals surface area (Å²) in [6.07, 6.45) is 0.685. The quantitative estimate of drug-likeness (QED) is 0.706. The first-order valence-electron chi connectivity index (χ1n) is 4.61. The lowest BCUT2D eigenvalue weighted by Crippen LogP contribution is -2.20. The van der Waals surface area contributed by atoms with E-state index in [1.165, 1.54) is 0 Å². The van der Waals surface area contributed by atoms with Crippen molar-refractivity contribution in [3.8, 4) is 5.88 Å². The van der Waals surface area contributed by atoms with Crippen molar-refractivity contribution in [1.29, 1.82) is 0 Å². The number of methoxy groups -OCH3 is 1. The number of pyridine rings is 1. The Morgan fingerprint density at radius 1 is 1.57 bits per heavy atom. The summed E-state index contributed by atoms with van der Waals surface area (Å²) in [5.41, 5.74) is 6.38. The molecule has 0 spiro atoms. The number of rotatable bonds is 5. The topological polar surface area (TPSA) is 68.4 Å². The summed E-state index contributed by atoms with van der Waals surface area (Å²) in [6.45, 7) is 0.560. The van der Waals surface area contributed by atoms with Crippen molar-refractivity contribution in [2.24, 2.45) is 11.7 Å². The molecule has 0 aliphatic heterocycles. The van der Waals surface area contributed by atoms with Crippen LogP contribution in [0.4, 0.5) is 0 Å². The summed E-state index contributed by atoms with van der Waals surface area (Å²) < 4.78 is 5.00. The van der Waals surface area contributed by atoms with E-state index in [-0.39, 0.29) is 12.5 Å². The molecule has 1 aromatic rings. The number of nitrogens with zero attached hydrogens (tertiary/aromatic N) is 1. The normalized spacial score (nSPS) is 12.5. The molecule has 3 N–H and O–H groups in total. The Kier molecular flexibility index (Phi) is 4.35. The molecule has 0 aromatic carbocycles. The van der Waals surface area contributed by atoms with Crippen molar-refractivity contribution in [1.82, 2.24) is 4.98 Å². The smallest absolute Gasteiger partial charge is 0.213 e. The first kappa shape index (κ1) is 10.9. The second-order valence-corrected chi connectivity index (χ2v) is 3.16. The van der Waals surface area contributed by atoms with Crippen molar-refractivity contribution in [2.75, 3.05) is 20.3 Å². The van der Waals surface area contributed by atoms with Crippen molar-refractivity contribution >= 4 is 0 Å². The fourth-order valence-corrected chi connectivity index (χ4v) is 1.20. The first-order chi connectivity index (χ1) is 6.80. The first-order valence-corrected chi connectivity index (χ1v) is 4.61. The molecule has 0 radical (unpaired) electrons. The number of aliphatic hydroxyl groups is 1. The fraction of sp³-hybridized carbons (Fsp3) is 0.500.